The number of carbonyl (C=O) groups excluding carboxylic acids is 2. The summed E-state index contributed by atoms with van der Waals surface area (Å²) in [6.45, 7) is 4.96. The molecule has 1 aliphatic rings. The molecule has 26 heavy (non-hydrogen) atoms. The van der Waals surface area contributed by atoms with Crippen molar-refractivity contribution in [2.75, 3.05) is 11.9 Å². The molecule has 0 spiro atoms. The van der Waals surface area contributed by atoms with E-state index in [4.69, 9.17) is 5.73 Å². The van der Waals surface area contributed by atoms with Crippen molar-refractivity contribution in [1.82, 2.24) is 5.32 Å². The van der Waals surface area contributed by atoms with Crippen molar-refractivity contribution in [2.45, 2.75) is 65.3 Å². The molecule has 0 saturated heterocycles. The van der Waals surface area contributed by atoms with E-state index in [1.807, 2.05) is 38.1 Å². The summed E-state index contributed by atoms with van der Waals surface area (Å²) in [6, 6.07) is 7.64. The van der Waals surface area contributed by atoms with Crippen molar-refractivity contribution < 1.29 is 9.59 Å². The summed E-state index contributed by atoms with van der Waals surface area (Å²) in [5.74, 6) is 0.0728. The van der Waals surface area contributed by atoms with Crippen molar-refractivity contribution in [3.8, 4) is 0 Å². The molecule has 5 heteroatoms. The Kier molecular flexibility index (Phi) is 7.64. The molecule has 0 radical (unpaired) electrons. The number of benzene rings is 1. The number of amides is 2. The third-order valence-electron chi connectivity index (χ3n) is 5.63. The van der Waals surface area contributed by atoms with Crippen molar-refractivity contribution in [3.63, 3.8) is 0 Å². The highest BCUT2D eigenvalue weighted by molar-refractivity contribution is 5.92. The van der Waals surface area contributed by atoms with E-state index in [1.165, 1.54) is 19.3 Å². The van der Waals surface area contributed by atoms with Gasteiger partial charge in [0.25, 0.3) is 0 Å². The zero-order valence-corrected chi connectivity index (χ0v) is 16.1. The number of nitrogens with two attached hydrogens (primary N) is 1. The van der Waals surface area contributed by atoms with Crippen LogP contribution in [0.1, 0.15) is 64.4 Å². The molecule has 1 aromatic rings. The Morgan fingerprint density at radius 1 is 1.23 bits per heavy atom. The minimum atomic E-state index is -0.0194. The average Bonchev–Trinajstić information content (AvgIpc) is 2.66. The molecule has 2 rings (SSSR count). The molecular formula is C21H33N3O2. The topological polar surface area (TPSA) is 84.2 Å². The van der Waals surface area contributed by atoms with E-state index in [0.717, 1.165) is 30.5 Å². The number of rotatable bonds is 8. The van der Waals surface area contributed by atoms with E-state index in [9.17, 15) is 9.59 Å². The highest BCUT2D eigenvalue weighted by atomic mass is 16.2. The summed E-state index contributed by atoms with van der Waals surface area (Å²) >= 11 is 0. The first-order valence-corrected chi connectivity index (χ1v) is 9.84. The van der Waals surface area contributed by atoms with E-state index in [-0.39, 0.29) is 23.1 Å². The highest BCUT2D eigenvalue weighted by Crippen LogP contribution is 2.38. The van der Waals surface area contributed by atoms with Gasteiger partial charge in [0.2, 0.25) is 11.8 Å². The summed E-state index contributed by atoms with van der Waals surface area (Å²) in [4.78, 5) is 24.4. The first-order valence-electron chi connectivity index (χ1n) is 9.84. The van der Waals surface area contributed by atoms with Gasteiger partial charge in [-0.1, -0.05) is 45.2 Å². The molecule has 0 heterocycles. The quantitative estimate of drug-likeness (QED) is 0.663. The van der Waals surface area contributed by atoms with Crippen LogP contribution in [0.15, 0.2) is 24.3 Å². The van der Waals surface area contributed by atoms with Crippen LogP contribution in [-0.2, 0) is 16.1 Å². The van der Waals surface area contributed by atoms with Gasteiger partial charge in [0.05, 0.1) is 0 Å². The van der Waals surface area contributed by atoms with Crippen molar-refractivity contribution >= 4 is 17.5 Å². The lowest BCUT2D eigenvalue weighted by molar-refractivity contribution is -0.124. The fourth-order valence-electron chi connectivity index (χ4n) is 3.57. The van der Waals surface area contributed by atoms with Gasteiger partial charge >= 0.3 is 0 Å². The molecule has 5 nitrogen and oxygen atoms in total. The lowest BCUT2D eigenvalue weighted by Gasteiger charge is -2.35. The molecule has 1 saturated carbocycles. The van der Waals surface area contributed by atoms with E-state index in [1.54, 1.807) is 0 Å². The molecule has 0 aliphatic heterocycles. The van der Waals surface area contributed by atoms with Crippen LogP contribution in [0, 0.1) is 11.3 Å². The minimum absolute atomic E-state index is 0.0127. The first kappa shape index (κ1) is 20.4. The summed E-state index contributed by atoms with van der Waals surface area (Å²) in [5.41, 5.74) is 7.70. The van der Waals surface area contributed by atoms with Crippen LogP contribution in [0.3, 0.4) is 0 Å². The molecule has 4 N–H and O–H groups in total. The second kappa shape index (κ2) is 9.72. The minimum Gasteiger partial charge on any atom is -0.352 e. The Morgan fingerprint density at radius 3 is 2.62 bits per heavy atom. The zero-order chi connectivity index (χ0) is 19.0. The van der Waals surface area contributed by atoms with E-state index >= 15 is 0 Å². The van der Waals surface area contributed by atoms with Crippen molar-refractivity contribution in [3.05, 3.63) is 29.8 Å². The molecule has 1 fully saturated rings. The summed E-state index contributed by atoms with van der Waals surface area (Å²) < 4.78 is 0. The summed E-state index contributed by atoms with van der Waals surface area (Å²) in [5, 5.41) is 5.95. The van der Waals surface area contributed by atoms with E-state index in [0.29, 0.717) is 19.5 Å². The second-order valence-corrected chi connectivity index (χ2v) is 7.72. The van der Waals surface area contributed by atoms with Gasteiger partial charge in [0, 0.05) is 24.6 Å². The molecule has 0 bridgehead atoms. The monoisotopic (exact) mass is 359 g/mol. The Balaban J connectivity index is 1.87. The molecule has 1 unspecified atom stereocenters. The van der Waals surface area contributed by atoms with Crippen LogP contribution in [-0.4, -0.2) is 18.4 Å². The summed E-state index contributed by atoms with van der Waals surface area (Å²) in [6.07, 6.45) is 7.00. The van der Waals surface area contributed by atoms with Crippen LogP contribution in [0.5, 0.6) is 0 Å². The normalized spacial score (nSPS) is 17.3. The third-order valence-corrected chi connectivity index (χ3v) is 5.63. The van der Waals surface area contributed by atoms with Crippen LogP contribution in [0.4, 0.5) is 5.69 Å². The number of carbonyl (C=O) groups is 2. The van der Waals surface area contributed by atoms with Crippen molar-refractivity contribution in [2.24, 2.45) is 17.1 Å². The Bertz CT molecular complexity index is 609. The van der Waals surface area contributed by atoms with Gasteiger partial charge in [0.15, 0.2) is 0 Å². The predicted octanol–water partition coefficient (Wildman–Crippen LogP) is 3.59. The van der Waals surface area contributed by atoms with Crippen LogP contribution >= 0.6 is 0 Å². The Morgan fingerprint density at radius 2 is 1.96 bits per heavy atom. The fourth-order valence-corrected chi connectivity index (χ4v) is 3.57. The zero-order valence-electron chi connectivity index (χ0n) is 16.1. The summed E-state index contributed by atoms with van der Waals surface area (Å²) in [7, 11) is 0. The van der Waals surface area contributed by atoms with Gasteiger partial charge < -0.3 is 16.4 Å². The van der Waals surface area contributed by atoms with Gasteiger partial charge in [-0.05, 0) is 48.9 Å². The number of anilines is 1. The lowest BCUT2D eigenvalue weighted by atomic mass is 9.71. The lowest BCUT2D eigenvalue weighted by Crippen LogP contribution is -2.38. The Labute approximate surface area is 157 Å². The first-order chi connectivity index (χ1) is 12.5. The number of hydrogen-bond donors (Lipinski definition) is 3. The van der Waals surface area contributed by atoms with Gasteiger partial charge in [-0.15, -0.1) is 0 Å². The largest absolute Gasteiger partial charge is 0.352 e. The van der Waals surface area contributed by atoms with Gasteiger partial charge in [-0.25, -0.2) is 0 Å². The third kappa shape index (κ3) is 5.84. The molecule has 1 aliphatic carbocycles. The number of nitrogens with one attached hydrogen (secondary N) is 2. The maximum atomic E-state index is 12.4. The fraction of sp³-hybridized carbons (Fsp3) is 0.619. The maximum absolute atomic E-state index is 12.4. The van der Waals surface area contributed by atoms with Crippen LogP contribution in [0.25, 0.3) is 0 Å². The average molecular weight is 360 g/mol. The van der Waals surface area contributed by atoms with E-state index in [2.05, 4.69) is 10.6 Å². The standard InChI is InChI=1S/C21H33N3O2/c1-3-16(2)20(26)24-18-9-7-8-17(12-18)14-23-19(25)13-21(15-22)10-5-4-6-11-21/h7-9,12,16H,3-6,10-11,13-15,22H2,1-2H3,(H,23,25)(H,24,26). The maximum Gasteiger partial charge on any atom is 0.227 e. The van der Waals surface area contributed by atoms with Crippen LogP contribution in [0.2, 0.25) is 0 Å². The SMILES string of the molecule is CCC(C)C(=O)Nc1cccc(CNC(=O)CC2(CN)CCCCC2)c1. The van der Waals surface area contributed by atoms with Gasteiger partial charge in [-0.3, -0.25) is 9.59 Å². The number of hydrogen-bond acceptors (Lipinski definition) is 3. The smallest absolute Gasteiger partial charge is 0.227 e. The molecule has 144 valence electrons. The van der Waals surface area contributed by atoms with Crippen LogP contribution < -0.4 is 16.4 Å². The molecule has 1 atom stereocenters. The Hall–Kier alpha value is -1.88. The molecule has 1 aromatic carbocycles. The second-order valence-electron chi connectivity index (χ2n) is 7.72. The van der Waals surface area contributed by atoms with Gasteiger partial charge in [0.1, 0.15) is 0 Å². The molecule has 2 amide bonds. The van der Waals surface area contributed by atoms with Gasteiger partial charge in [-0.2, -0.15) is 0 Å². The molecule has 0 aromatic heterocycles. The predicted molar refractivity (Wildman–Crippen MR) is 106 cm³/mol. The highest BCUT2D eigenvalue weighted by Gasteiger charge is 2.32. The van der Waals surface area contributed by atoms with Crippen molar-refractivity contribution in [1.29, 1.82) is 0 Å². The molecular weight excluding hydrogens is 326 g/mol. The van der Waals surface area contributed by atoms with E-state index < -0.39 is 0 Å².